The van der Waals surface area contributed by atoms with Crippen LogP contribution in [0, 0.1) is 13.8 Å². The molecule has 0 aliphatic rings. The van der Waals surface area contributed by atoms with Crippen LogP contribution in [0.5, 0.6) is 0 Å². The van der Waals surface area contributed by atoms with E-state index in [9.17, 15) is 0 Å². The summed E-state index contributed by atoms with van der Waals surface area (Å²) in [5.41, 5.74) is 8.55. The Morgan fingerprint density at radius 2 is 0.625 bits per heavy atom. The van der Waals surface area contributed by atoms with Crippen molar-refractivity contribution in [2.24, 2.45) is 0 Å². The summed E-state index contributed by atoms with van der Waals surface area (Å²) in [5.74, 6) is 0. The van der Waals surface area contributed by atoms with Gasteiger partial charge in [0.05, 0.1) is 5.48 Å². The van der Waals surface area contributed by atoms with Gasteiger partial charge in [0.15, 0.2) is 0 Å². The van der Waals surface area contributed by atoms with Gasteiger partial charge in [0.1, 0.15) is 0 Å². The lowest BCUT2D eigenvalue weighted by atomic mass is 9.78. The molecule has 154 valence electrons. The lowest BCUT2D eigenvalue weighted by Gasteiger charge is -2.25. The molecule has 0 atom stereocenters. The molecule has 0 N–H and O–H groups in total. The Bertz CT molecular complexity index is 1360. The maximum atomic E-state index is 8.74. The Morgan fingerprint density at radius 1 is 0.375 bits per heavy atom. The van der Waals surface area contributed by atoms with Gasteiger partial charge in [-0.3, -0.25) is 0 Å². The van der Waals surface area contributed by atoms with E-state index in [1.54, 1.807) is 24.3 Å². The van der Waals surface area contributed by atoms with E-state index < -0.39 is 0 Å². The third-order valence-electron chi connectivity index (χ3n) is 5.91. The summed E-state index contributed by atoms with van der Waals surface area (Å²) >= 11 is 0. The van der Waals surface area contributed by atoms with Gasteiger partial charge in [-0.05, 0) is 69.5 Å². The first-order valence-electron chi connectivity index (χ1n) is 12.8. The van der Waals surface area contributed by atoms with Crippen molar-refractivity contribution in [2.75, 3.05) is 0 Å². The zero-order chi connectivity index (χ0) is 25.4. The van der Waals surface area contributed by atoms with Crippen LogP contribution in [0.4, 0.5) is 0 Å². The predicted molar refractivity (Wildman–Crippen MR) is 138 cm³/mol. The maximum absolute atomic E-state index is 8.74. The fourth-order valence-electron chi connectivity index (χ4n) is 4.54. The molecule has 0 heteroatoms. The highest BCUT2D eigenvalue weighted by atomic mass is 14.3. The molecule has 0 aliphatic carbocycles. The molecule has 0 spiro atoms. The second kappa shape index (κ2) is 8.69. The van der Waals surface area contributed by atoms with Crippen LogP contribution < -0.4 is 0 Å². The van der Waals surface area contributed by atoms with Crippen LogP contribution in [0.1, 0.15) is 16.6 Å². The lowest BCUT2D eigenvalue weighted by Crippen LogP contribution is -2.01. The van der Waals surface area contributed by atoms with Gasteiger partial charge in [0.25, 0.3) is 0 Å². The van der Waals surface area contributed by atoms with Crippen LogP contribution in [0.15, 0.2) is 121 Å². The van der Waals surface area contributed by atoms with E-state index in [-0.39, 0.29) is 0 Å². The van der Waals surface area contributed by atoms with E-state index in [0.29, 0.717) is 24.2 Å². The Labute approximate surface area is 196 Å². The molecule has 0 amide bonds. The molecule has 0 radical (unpaired) electrons. The van der Waals surface area contributed by atoms with Crippen LogP contribution in [0.3, 0.4) is 0 Å². The van der Waals surface area contributed by atoms with E-state index in [0.717, 1.165) is 55.6 Å². The first-order valence-corrected chi connectivity index (χ1v) is 10.8. The van der Waals surface area contributed by atoms with Gasteiger partial charge in [-0.1, -0.05) is 121 Å². The van der Waals surface area contributed by atoms with Gasteiger partial charge in [-0.15, -0.1) is 0 Å². The smallest absolute Gasteiger partial charge is 0.0622 e. The molecular formula is C32H26. The van der Waals surface area contributed by atoms with Gasteiger partial charge in [0, 0.05) is 0 Å². The second-order valence-corrected chi connectivity index (χ2v) is 7.85. The number of hydrogen-bond acceptors (Lipinski definition) is 0. The molecule has 0 saturated heterocycles. The van der Waals surface area contributed by atoms with Crippen molar-refractivity contribution < 1.29 is 5.48 Å². The molecule has 0 aromatic heterocycles. The average Bonchev–Trinajstić information content (AvgIpc) is 2.87. The van der Waals surface area contributed by atoms with Crippen LogP contribution >= 0.6 is 0 Å². The maximum Gasteiger partial charge on any atom is 0.0629 e. The first-order chi connectivity index (χ1) is 17.4. The Morgan fingerprint density at radius 3 is 0.844 bits per heavy atom. The minimum atomic E-state index is 0.405. The monoisotopic (exact) mass is 414 g/mol. The highest BCUT2D eigenvalue weighted by molar-refractivity contribution is 6.00. The Balaban J connectivity index is 2.05. The van der Waals surface area contributed by atoms with Gasteiger partial charge < -0.3 is 0 Å². The molecule has 5 aromatic carbocycles. The minimum absolute atomic E-state index is 0.405. The summed E-state index contributed by atoms with van der Waals surface area (Å²) in [6, 6.07) is 31.7. The Hall–Kier alpha value is -3.90. The van der Waals surface area contributed by atoms with Gasteiger partial charge in [-0.2, -0.15) is 0 Å². The SMILES string of the molecule is [2H]c1ccccc1-c1c(C)c(-c2ccccc2[2H])c(-c2ccccc2[2H])c(C)c1-c1ccccc1[2H]. The number of rotatable bonds is 4. The van der Waals surface area contributed by atoms with Crippen LogP contribution in [-0.4, -0.2) is 0 Å². The van der Waals surface area contributed by atoms with Crippen LogP contribution in [0.2, 0.25) is 0 Å². The molecule has 32 heavy (non-hydrogen) atoms. The molecule has 0 fully saturated rings. The molecule has 5 aromatic rings. The summed E-state index contributed by atoms with van der Waals surface area (Å²) in [5, 5.41) is 0. The minimum Gasteiger partial charge on any atom is -0.0622 e. The van der Waals surface area contributed by atoms with Gasteiger partial charge in [-0.25, -0.2) is 0 Å². The van der Waals surface area contributed by atoms with Crippen molar-refractivity contribution in [3.8, 4) is 44.5 Å². The molecular weight excluding hydrogens is 384 g/mol. The largest absolute Gasteiger partial charge is 0.0629 e. The van der Waals surface area contributed by atoms with Crippen molar-refractivity contribution in [2.45, 2.75) is 13.8 Å². The lowest BCUT2D eigenvalue weighted by molar-refractivity contribution is 1.38. The standard InChI is InChI=1S/C32H26/c1-23-29(25-15-7-3-8-16-25)31(27-19-11-5-12-20-27)24(2)32(28-21-13-6-14-22-28)30(23)26-17-9-4-10-18-26/h3-22H,1-2H3/i15D,17D,19D,21D. The van der Waals surface area contributed by atoms with E-state index in [1.165, 1.54) is 0 Å². The highest BCUT2D eigenvalue weighted by Crippen LogP contribution is 2.48. The fraction of sp³-hybridized carbons (Fsp3) is 0.0625. The third-order valence-corrected chi connectivity index (χ3v) is 5.91. The molecule has 0 bridgehead atoms. The highest BCUT2D eigenvalue weighted by Gasteiger charge is 2.23. The van der Waals surface area contributed by atoms with E-state index in [4.69, 9.17) is 5.48 Å². The molecule has 0 saturated carbocycles. The van der Waals surface area contributed by atoms with Gasteiger partial charge >= 0.3 is 0 Å². The number of hydrogen-bond donors (Lipinski definition) is 0. The van der Waals surface area contributed by atoms with Gasteiger partial charge in [0.2, 0.25) is 0 Å². The van der Waals surface area contributed by atoms with E-state index in [1.807, 2.05) is 86.6 Å². The zero-order valence-electron chi connectivity index (χ0n) is 22.2. The van der Waals surface area contributed by atoms with E-state index in [2.05, 4.69) is 0 Å². The van der Waals surface area contributed by atoms with Crippen molar-refractivity contribution in [3.63, 3.8) is 0 Å². The summed E-state index contributed by atoms with van der Waals surface area (Å²) in [4.78, 5) is 0. The van der Waals surface area contributed by atoms with Crippen molar-refractivity contribution in [1.82, 2.24) is 0 Å². The Kier molecular flexibility index (Phi) is 4.30. The molecule has 0 nitrogen and oxygen atoms in total. The van der Waals surface area contributed by atoms with Crippen molar-refractivity contribution in [1.29, 1.82) is 0 Å². The van der Waals surface area contributed by atoms with Crippen LogP contribution in [-0.2, 0) is 0 Å². The summed E-state index contributed by atoms with van der Waals surface area (Å²) < 4.78 is 35.0. The molecule has 0 aliphatic heterocycles. The number of benzene rings is 5. The molecule has 5 rings (SSSR count). The van der Waals surface area contributed by atoms with Crippen LogP contribution in [0.25, 0.3) is 44.5 Å². The molecule has 0 unspecified atom stereocenters. The first kappa shape index (κ1) is 15.8. The predicted octanol–water partition coefficient (Wildman–Crippen LogP) is 8.97. The quantitative estimate of drug-likeness (QED) is 0.275. The van der Waals surface area contributed by atoms with Crippen molar-refractivity contribution >= 4 is 0 Å². The fourth-order valence-corrected chi connectivity index (χ4v) is 4.54. The summed E-state index contributed by atoms with van der Waals surface area (Å²) in [6.07, 6.45) is 0. The third kappa shape index (κ3) is 3.55. The normalized spacial score (nSPS) is 12.6. The van der Waals surface area contributed by atoms with E-state index >= 15 is 0 Å². The topological polar surface area (TPSA) is 0 Å². The molecule has 0 heterocycles. The summed E-state index contributed by atoms with van der Waals surface area (Å²) in [7, 11) is 0. The zero-order valence-corrected chi connectivity index (χ0v) is 18.2. The average molecular weight is 415 g/mol. The summed E-state index contributed by atoms with van der Waals surface area (Å²) in [6.45, 7) is 4.07. The van der Waals surface area contributed by atoms with Crippen molar-refractivity contribution in [3.05, 3.63) is 132 Å². The second-order valence-electron chi connectivity index (χ2n) is 7.85.